The maximum Gasteiger partial charge on any atom is 0.0794 e. The summed E-state index contributed by atoms with van der Waals surface area (Å²) in [5.74, 6) is 0.638. The Kier molecular flexibility index (Phi) is 5.53. The van der Waals surface area contributed by atoms with Crippen LogP contribution in [0.5, 0.6) is 0 Å². The lowest BCUT2D eigenvalue weighted by Crippen LogP contribution is -2.46. The SMILES string of the molecule is CC(C)CNCc1ccc(N2CCCC(C)(O)C2)cc1Cl. The van der Waals surface area contributed by atoms with E-state index in [2.05, 4.69) is 36.2 Å². The topological polar surface area (TPSA) is 35.5 Å². The van der Waals surface area contributed by atoms with E-state index in [1.165, 1.54) is 0 Å². The summed E-state index contributed by atoms with van der Waals surface area (Å²) in [6.45, 7) is 9.75. The molecule has 1 heterocycles. The van der Waals surface area contributed by atoms with Crippen molar-refractivity contribution in [2.75, 3.05) is 24.5 Å². The zero-order chi connectivity index (χ0) is 15.5. The number of nitrogens with zero attached hydrogens (tertiary/aromatic N) is 1. The Morgan fingerprint density at radius 3 is 2.81 bits per heavy atom. The van der Waals surface area contributed by atoms with Crippen LogP contribution >= 0.6 is 11.6 Å². The standard InChI is InChI=1S/C17H27ClN2O/c1-13(2)10-19-11-14-5-6-15(9-16(14)18)20-8-4-7-17(3,21)12-20/h5-6,9,13,19,21H,4,7-8,10-12H2,1-3H3. The molecule has 1 aliphatic rings. The number of benzene rings is 1. The average molecular weight is 311 g/mol. The fourth-order valence-corrected chi connectivity index (χ4v) is 3.05. The second kappa shape index (κ2) is 6.99. The molecule has 2 N–H and O–H groups in total. The van der Waals surface area contributed by atoms with Gasteiger partial charge < -0.3 is 15.3 Å². The number of nitrogens with one attached hydrogen (secondary N) is 1. The number of hydrogen-bond donors (Lipinski definition) is 2. The van der Waals surface area contributed by atoms with E-state index in [4.69, 9.17) is 11.6 Å². The van der Waals surface area contributed by atoms with Crippen LogP contribution < -0.4 is 10.2 Å². The van der Waals surface area contributed by atoms with Gasteiger partial charge in [0.1, 0.15) is 0 Å². The Hall–Kier alpha value is -0.770. The molecule has 1 saturated heterocycles. The van der Waals surface area contributed by atoms with Crippen LogP contribution in [0, 0.1) is 5.92 Å². The summed E-state index contributed by atoms with van der Waals surface area (Å²) in [6.07, 6.45) is 1.89. The Morgan fingerprint density at radius 1 is 1.43 bits per heavy atom. The summed E-state index contributed by atoms with van der Waals surface area (Å²) in [5, 5.41) is 14.4. The molecule has 3 nitrogen and oxygen atoms in total. The van der Waals surface area contributed by atoms with Crippen LogP contribution in [0.2, 0.25) is 5.02 Å². The first kappa shape index (κ1) is 16.6. The van der Waals surface area contributed by atoms with Gasteiger partial charge in [0.25, 0.3) is 0 Å². The lowest BCUT2D eigenvalue weighted by molar-refractivity contribution is 0.0449. The molecule has 21 heavy (non-hydrogen) atoms. The molecule has 0 bridgehead atoms. The van der Waals surface area contributed by atoms with Crippen LogP contribution in [-0.4, -0.2) is 30.3 Å². The number of hydrogen-bond acceptors (Lipinski definition) is 3. The molecule has 1 unspecified atom stereocenters. The second-order valence-corrected chi connectivity index (χ2v) is 7.23. The van der Waals surface area contributed by atoms with E-state index in [1.807, 2.05) is 13.0 Å². The molecule has 1 fully saturated rings. The van der Waals surface area contributed by atoms with Gasteiger partial charge in [0.05, 0.1) is 5.60 Å². The molecule has 118 valence electrons. The van der Waals surface area contributed by atoms with Gasteiger partial charge in [0.15, 0.2) is 0 Å². The number of rotatable bonds is 5. The van der Waals surface area contributed by atoms with Crippen molar-refractivity contribution in [3.63, 3.8) is 0 Å². The second-order valence-electron chi connectivity index (χ2n) is 6.82. The highest BCUT2D eigenvalue weighted by Gasteiger charge is 2.28. The third-order valence-corrected chi connectivity index (χ3v) is 4.30. The molecule has 1 atom stereocenters. The molecule has 0 spiro atoms. The van der Waals surface area contributed by atoms with Crippen LogP contribution in [0.25, 0.3) is 0 Å². The van der Waals surface area contributed by atoms with E-state index in [-0.39, 0.29) is 0 Å². The number of β-amino-alcohol motifs (C(OH)–C–C–N with tert-alkyl or cyclic N) is 1. The minimum Gasteiger partial charge on any atom is -0.388 e. The zero-order valence-corrected chi connectivity index (χ0v) is 14.1. The fourth-order valence-electron chi connectivity index (χ4n) is 2.81. The van der Waals surface area contributed by atoms with Gasteiger partial charge >= 0.3 is 0 Å². The normalized spacial score (nSPS) is 22.9. The van der Waals surface area contributed by atoms with Crippen LogP contribution in [-0.2, 0) is 6.54 Å². The van der Waals surface area contributed by atoms with Gasteiger partial charge in [0, 0.05) is 30.3 Å². The summed E-state index contributed by atoms with van der Waals surface area (Å²) < 4.78 is 0. The molecule has 0 amide bonds. The van der Waals surface area contributed by atoms with Gasteiger partial charge in [-0.05, 0) is 49.9 Å². The monoisotopic (exact) mass is 310 g/mol. The van der Waals surface area contributed by atoms with Gasteiger partial charge in [-0.15, -0.1) is 0 Å². The van der Waals surface area contributed by atoms with Crippen LogP contribution in [0.1, 0.15) is 39.2 Å². The van der Waals surface area contributed by atoms with Crippen molar-refractivity contribution in [2.24, 2.45) is 5.92 Å². The Morgan fingerprint density at radius 2 is 2.19 bits per heavy atom. The minimum absolute atomic E-state index is 0.595. The summed E-state index contributed by atoms with van der Waals surface area (Å²) in [4.78, 5) is 2.22. The van der Waals surface area contributed by atoms with Crippen LogP contribution in [0.4, 0.5) is 5.69 Å². The maximum atomic E-state index is 10.2. The van der Waals surface area contributed by atoms with Gasteiger partial charge in [0.2, 0.25) is 0 Å². The molecule has 0 saturated carbocycles. The Labute approximate surface area is 133 Å². The first-order chi connectivity index (χ1) is 9.87. The predicted octanol–water partition coefficient (Wildman–Crippen LogP) is 3.44. The van der Waals surface area contributed by atoms with E-state index in [1.54, 1.807) is 0 Å². The van der Waals surface area contributed by atoms with Crippen molar-refractivity contribution >= 4 is 17.3 Å². The smallest absolute Gasteiger partial charge is 0.0794 e. The third-order valence-electron chi connectivity index (χ3n) is 3.94. The minimum atomic E-state index is -0.595. The van der Waals surface area contributed by atoms with Gasteiger partial charge in [-0.25, -0.2) is 0 Å². The van der Waals surface area contributed by atoms with E-state index in [9.17, 15) is 5.11 Å². The fraction of sp³-hybridized carbons (Fsp3) is 0.647. The highest BCUT2D eigenvalue weighted by Crippen LogP contribution is 2.29. The summed E-state index contributed by atoms with van der Waals surface area (Å²) in [7, 11) is 0. The Bertz CT molecular complexity index is 474. The molecule has 1 aromatic rings. The van der Waals surface area contributed by atoms with Crippen molar-refractivity contribution in [3.05, 3.63) is 28.8 Å². The quantitative estimate of drug-likeness (QED) is 0.874. The largest absolute Gasteiger partial charge is 0.388 e. The van der Waals surface area contributed by atoms with Crippen molar-refractivity contribution < 1.29 is 5.11 Å². The summed E-state index contributed by atoms with van der Waals surface area (Å²) in [5.41, 5.74) is 1.64. The molecule has 1 aromatic carbocycles. The van der Waals surface area contributed by atoms with Crippen molar-refractivity contribution in [2.45, 2.75) is 45.8 Å². The van der Waals surface area contributed by atoms with Crippen molar-refractivity contribution in [1.29, 1.82) is 0 Å². The van der Waals surface area contributed by atoms with Crippen molar-refractivity contribution in [3.8, 4) is 0 Å². The molecule has 4 heteroatoms. The molecule has 0 radical (unpaired) electrons. The number of piperidine rings is 1. The highest BCUT2D eigenvalue weighted by molar-refractivity contribution is 6.31. The number of halogens is 1. The summed E-state index contributed by atoms with van der Waals surface area (Å²) in [6, 6.07) is 6.23. The molecule has 1 aliphatic heterocycles. The van der Waals surface area contributed by atoms with Crippen LogP contribution in [0.15, 0.2) is 18.2 Å². The molecule has 2 rings (SSSR count). The average Bonchev–Trinajstić information content (AvgIpc) is 2.39. The lowest BCUT2D eigenvalue weighted by Gasteiger charge is -2.38. The maximum absolute atomic E-state index is 10.2. The Balaban J connectivity index is 2.01. The van der Waals surface area contributed by atoms with Crippen LogP contribution in [0.3, 0.4) is 0 Å². The third kappa shape index (κ3) is 4.87. The van der Waals surface area contributed by atoms with Gasteiger partial charge in [-0.3, -0.25) is 0 Å². The van der Waals surface area contributed by atoms with Crippen molar-refractivity contribution in [1.82, 2.24) is 5.32 Å². The molecular weight excluding hydrogens is 284 g/mol. The highest BCUT2D eigenvalue weighted by atomic mass is 35.5. The lowest BCUT2D eigenvalue weighted by atomic mass is 9.94. The van der Waals surface area contributed by atoms with E-state index < -0.39 is 5.60 Å². The molecule has 0 aromatic heterocycles. The van der Waals surface area contributed by atoms with E-state index in [0.717, 1.165) is 48.7 Å². The first-order valence-corrected chi connectivity index (χ1v) is 8.22. The number of aliphatic hydroxyl groups is 1. The van der Waals surface area contributed by atoms with E-state index in [0.29, 0.717) is 12.5 Å². The van der Waals surface area contributed by atoms with Gasteiger partial charge in [-0.2, -0.15) is 0 Å². The molecular formula is C17H27ClN2O. The number of anilines is 1. The predicted molar refractivity (Wildman–Crippen MR) is 90.1 cm³/mol. The zero-order valence-electron chi connectivity index (χ0n) is 13.3. The van der Waals surface area contributed by atoms with E-state index >= 15 is 0 Å². The first-order valence-electron chi connectivity index (χ1n) is 7.84. The molecule has 0 aliphatic carbocycles. The summed E-state index contributed by atoms with van der Waals surface area (Å²) >= 11 is 6.41. The van der Waals surface area contributed by atoms with Gasteiger partial charge in [-0.1, -0.05) is 31.5 Å².